The molecule has 0 aliphatic carbocycles. The van der Waals surface area contributed by atoms with Crippen LogP contribution in [0, 0.1) is 13.8 Å². The number of fused-ring (bicyclic) bond motifs is 1. The molecule has 2 aliphatic rings. The Morgan fingerprint density at radius 1 is 1.00 bits per heavy atom. The van der Waals surface area contributed by atoms with E-state index < -0.39 is 0 Å². The minimum Gasteiger partial charge on any atom is -0.454 e. The summed E-state index contributed by atoms with van der Waals surface area (Å²) in [5.41, 5.74) is 4.28. The number of piperazine rings is 1. The zero-order chi connectivity index (χ0) is 19.0. The zero-order valence-corrected chi connectivity index (χ0v) is 16.3. The number of nitrogens with zero attached hydrogens (tertiary/aromatic N) is 3. The average molecular weight is 369 g/mol. The van der Waals surface area contributed by atoms with E-state index in [-0.39, 0.29) is 5.78 Å². The fourth-order valence-electron chi connectivity index (χ4n) is 3.83. The van der Waals surface area contributed by atoms with Crippen LogP contribution in [0.5, 0.6) is 11.5 Å². The molecule has 0 N–H and O–H groups in total. The number of carbonyl (C=O) groups is 1. The zero-order valence-electron chi connectivity index (χ0n) is 16.3. The average Bonchev–Trinajstić information content (AvgIpc) is 3.23. The molecular formula is C21H27N3O3. The Balaban J connectivity index is 1.30. The summed E-state index contributed by atoms with van der Waals surface area (Å²) in [4.78, 5) is 17.4. The van der Waals surface area contributed by atoms with Crippen LogP contribution in [0.25, 0.3) is 0 Å². The van der Waals surface area contributed by atoms with Gasteiger partial charge in [0.25, 0.3) is 0 Å². The molecule has 144 valence electrons. The van der Waals surface area contributed by atoms with Gasteiger partial charge in [0.15, 0.2) is 17.3 Å². The largest absolute Gasteiger partial charge is 0.454 e. The second-order valence-electron chi connectivity index (χ2n) is 7.51. The van der Waals surface area contributed by atoms with Crippen molar-refractivity contribution < 1.29 is 14.3 Å². The van der Waals surface area contributed by atoms with Crippen molar-refractivity contribution in [3.05, 3.63) is 46.8 Å². The van der Waals surface area contributed by atoms with Gasteiger partial charge in [-0.2, -0.15) is 0 Å². The molecule has 0 spiro atoms. The van der Waals surface area contributed by atoms with Crippen LogP contribution in [-0.4, -0.2) is 59.7 Å². The van der Waals surface area contributed by atoms with E-state index in [2.05, 4.69) is 26.5 Å². The fourth-order valence-corrected chi connectivity index (χ4v) is 3.83. The van der Waals surface area contributed by atoms with Gasteiger partial charge in [-0.05, 0) is 37.6 Å². The number of hydrogen-bond donors (Lipinski definition) is 0. The maximum absolute atomic E-state index is 12.7. The molecule has 27 heavy (non-hydrogen) atoms. The van der Waals surface area contributed by atoms with Gasteiger partial charge in [-0.3, -0.25) is 14.6 Å². The Morgan fingerprint density at radius 2 is 1.70 bits per heavy atom. The second kappa shape index (κ2) is 7.37. The molecule has 6 nitrogen and oxygen atoms in total. The number of aryl methyl sites for hydroxylation is 1. The van der Waals surface area contributed by atoms with E-state index >= 15 is 0 Å². The molecule has 0 saturated carbocycles. The topological polar surface area (TPSA) is 46.9 Å². The molecule has 1 saturated heterocycles. The Bertz CT molecular complexity index is 851. The van der Waals surface area contributed by atoms with E-state index in [1.165, 1.54) is 5.56 Å². The predicted molar refractivity (Wildman–Crippen MR) is 103 cm³/mol. The smallest absolute Gasteiger partial charge is 0.231 e. The third kappa shape index (κ3) is 3.73. The first kappa shape index (κ1) is 18.1. The second-order valence-corrected chi connectivity index (χ2v) is 7.51. The first-order chi connectivity index (χ1) is 13.0. The standard InChI is InChI=1S/C21H27N3O3/c1-15-10-18(16(2)22(15)3)19(25)13-24-8-6-23(7-9-24)12-17-4-5-20-21(11-17)27-14-26-20/h4-5,10-11H,6-9,12-14H2,1-3H3. The monoisotopic (exact) mass is 369 g/mol. The van der Waals surface area contributed by atoms with Crippen molar-refractivity contribution in [3.8, 4) is 11.5 Å². The van der Waals surface area contributed by atoms with E-state index in [0.717, 1.165) is 61.2 Å². The van der Waals surface area contributed by atoms with Crippen LogP contribution in [0.3, 0.4) is 0 Å². The molecule has 0 atom stereocenters. The summed E-state index contributed by atoms with van der Waals surface area (Å²) in [5.74, 6) is 1.89. The number of rotatable bonds is 5. The van der Waals surface area contributed by atoms with Crippen molar-refractivity contribution in [3.63, 3.8) is 0 Å². The lowest BCUT2D eigenvalue weighted by Gasteiger charge is -2.34. The molecule has 2 aliphatic heterocycles. The summed E-state index contributed by atoms with van der Waals surface area (Å²) in [6, 6.07) is 8.16. The van der Waals surface area contributed by atoms with E-state index in [4.69, 9.17) is 9.47 Å². The summed E-state index contributed by atoms with van der Waals surface area (Å²) in [6.45, 7) is 9.54. The SMILES string of the molecule is Cc1cc(C(=O)CN2CCN(Cc3ccc4c(c3)OCO4)CC2)c(C)n1C. The van der Waals surface area contributed by atoms with E-state index in [1.807, 2.05) is 33.0 Å². The van der Waals surface area contributed by atoms with Crippen molar-refractivity contribution in [2.24, 2.45) is 7.05 Å². The van der Waals surface area contributed by atoms with Gasteiger partial charge in [0.05, 0.1) is 6.54 Å². The number of benzene rings is 1. The van der Waals surface area contributed by atoms with Crippen molar-refractivity contribution in [2.75, 3.05) is 39.5 Å². The normalized spacial score (nSPS) is 17.4. The van der Waals surface area contributed by atoms with E-state index in [0.29, 0.717) is 13.3 Å². The van der Waals surface area contributed by atoms with Gasteiger partial charge in [0, 0.05) is 56.7 Å². The van der Waals surface area contributed by atoms with Gasteiger partial charge < -0.3 is 14.0 Å². The Labute approximate surface area is 160 Å². The number of aromatic nitrogens is 1. The van der Waals surface area contributed by atoms with Gasteiger partial charge in [0.2, 0.25) is 6.79 Å². The predicted octanol–water partition coefficient (Wildman–Crippen LogP) is 2.37. The van der Waals surface area contributed by atoms with Gasteiger partial charge in [-0.1, -0.05) is 6.07 Å². The number of ketones is 1. The summed E-state index contributed by atoms with van der Waals surface area (Å²) >= 11 is 0. The fraction of sp³-hybridized carbons (Fsp3) is 0.476. The molecule has 0 radical (unpaired) electrons. The molecule has 2 aromatic rings. The molecule has 0 bridgehead atoms. The third-order valence-electron chi connectivity index (χ3n) is 5.75. The first-order valence-electron chi connectivity index (χ1n) is 9.50. The van der Waals surface area contributed by atoms with Crippen LogP contribution in [0.1, 0.15) is 27.3 Å². The number of Topliss-reactive ketones (excluding diaryl/α,β-unsaturated/α-hetero) is 1. The molecule has 1 fully saturated rings. The number of hydrogen-bond acceptors (Lipinski definition) is 5. The molecule has 6 heteroatoms. The summed E-state index contributed by atoms with van der Waals surface area (Å²) < 4.78 is 12.9. The van der Waals surface area contributed by atoms with Gasteiger partial charge in [-0.25, -0.2) is 0 Å². The van der Waals surface area contributed by atoms with E-state index in [9.17, 15) is 4.79 Å². The van der Waals surface area contributed by atoms with Crippen LogP contribution in [0.15, 0.2) is 24.3 Å². The lowest BCUT2D eigenvalue weighted by Crippen LogP contribution is -2.47. The quantitative estimate of drug-likeness (QED) is 0.758. The van der Waals surface area contributed by atoms with Crippen LogP contribution in [0.4, 0.5) is 0 Å². The van der Waals surface area contributed by atoms with Crippen molar-refractivity contribution >= 4 is 5.78 Å². The van der Waals surface area contributed by atoms with Crippen molar-refractivity contribution in [1.29, 1.82) is 0 Å². The molecular weight excluding hydrogens is 342 g/mol. The Kier molecular flexibility index (Phi) is 4.93. The van der Waals surface area contributed by atoms with Gasteiger partial charge in [-0.15, -0.1) is 0 Å². The van der Waals surface area contributed by atoms with E-state index in [1.54, 1.807) is 0 Å². The number of ether oxygens (including phenoxy) is 2. The van der Waals surface area contributed by atoms with Crippen LogP contribution >= 0.6 is 0 Å². The van der Waals surface area contributed by atoms with Crippen LogP contribution < -0.4 is 9.47 Å². The molecule has 3 heterocycles. The molecule has 0 unspecified atom stereocenters. The highest BCUT2D eigenvalue weighted by Gasteiger charge is 2.22. The van der Waals surface area contributed by atoms with Gasteiger partial charge in [0.1, 0.15) is 0 Å². The Hall–Kier alpha value is -2.31. The minimum absolute atomic E-state index is 0.223. The minimum atomic E-state index is 0.223. The first-order valence-corrected chi connectivity index (χ1v) is 9.50. The van der Waals surface area contributed by atoms with Gasteiger partial charge >= 0.3 is 0 Å². The maximum Gasteiger partial charge on any atom is 0.231 e. The lowest BCUT2D eigenvalue weighted by atomic mass is 10.1. The van der Waals surface area contributed by atoms with Crippen LogP contribution in [-0.2, 0) is 13.6 Å². The highest BCUT2D eigenvalue weighted by Crippen LogP contribution is 2.32. The molecule has 1 aromatic carbocycles. The molecule has 4 rings (SSSR count). The highest BCUT2D eigenvalue weighted by molar-refractivity contribution is 5.99. The summed E-state index contributed by atoms with van der Waals surface area (Å²) in [5, 5.41) is 0. The van der Waals surface area contributed by atoms with Crippen LogP contribution in [0.2, 0.25) is 0 Å². The number of carbonyl (C=O) groups excluding carboxylic acids is 1. The maximum atomic E-state index is 12.7. The van der Waals surface area contributed by atoms with Crippen molar-refractivity contribution in [2.45, 2.75) is 20.4 Å². The molecule has 0 amide bonds. The molecule has 1 aromatic heterocycles. The lowest BCUT2D eigenvalue weighted by molar-refractivity contribution is 0.0843. The summed E-state index contributed by atoms with van der Waals surface area (Å²) in [7, 11) is 2.01. The highest BCUT2D eigenvalue weighted by atomic mass is 16.7. The third-order valence-corrected chi connectivity index (χ3v) is 5.75. The summed E-state index contributed by atoms with van der Waals surface area (Å²) in [6.07, 6.45) is 0. The van der Waals surface area contributed by atoms with Crippen molar-refractivity contribution in [1.82, 2.24) is 14.4 Å². The Morgan fingerprint density at radius 3 is 2.41 bits per heavy atom.